The molecule has 0 spiro atoms. The fraction of sp³-hybridized carbons (Fsp3) is 0.607. The largest absolute Gasteiger partial charge is 0.405 e. The summed E-state index contributed by atoms with van der Waals surface area (Å²) < 4.78 is 126. The van der Waals surface area contributed by atoms with Crippen LogP contribution in [0.1, 0.15) is 114 Å². The van der Waals surface area contributed by atoms with Crippen molar-refractivity contribution < 1.29 is 72.2 Å². The molecule has 1 unspecified atom stereocenters. The van der Waals surface area contributed by atoms with Crippen molar-refractivity contribution in [1.29, 1.82) is 15.8 Å². The van der Waals surface area contributed by atoms with Crippen LogP contribution < -0.4 is 64.5 Å². The van der Waals surface area contributed by atoms with E-state index in [1.807, 2.05) is 18.2 Å². The van der Waals surface area contributed by atoms with Gasteiger partial charge in [-0.1, -0.05) is 38.5 Å². The average Bonchev–Trinajstić information content (AvgIpc) is 1.14. The number of halogens is 10. The highest BCUT2D eigenvalue weighted by Crippen LogP contribution is 2.39. The minimum absolute atomic E-state index is 0.159. The maximum Gasteiger partial charge on any atom is 0.405 e. The Labute approximate surface area is 548 Å². The van der Waals surface area contributed by atoms with Crippen LogP contribution in [0.4, 0.5) is 60.5 Å². The lowest BCUT2D eigenvalue weighted by molar-refractivity contribution is -0.126. The first-order chi connectivity index (χ1) is 45.4. The summed E-state index contributed by atoms with van der Waals surface area (Å²) in [5.74, 6) is -2.60. The molecule has 6 aliphatic rings. The molecule has 35 heteroatoms. The number of nitriles is 3. The molecule has 9 rings (SSSR count). The van der Waals surface area contributed by atoms with Crippen LogP contribution in [0.3, 0.4) is 0 Å². The lowest BCUT2D eigenvalue weighted by Crippen LogP contribution is -2.43. The van der Waals surface area contributed by atoms with Crippen LogP contribution in [-0.2, 0) is 28.8 Å². The summed E-state index contributed by atoms with van der Waals surface area (Å²) in [6, 6.07) is 8.23. The van der Waals surface area contributed by atoms with Crippen molar-refractivity contribution >= 4 is 64.7 Å². The SMILES string of the molecule is CSF.N#C[C@H](C[C@@H]1CCNC1=O)NC(=O)C(CC1CC1)n1cccc(NCC(F)(F)F)c1=O.N#C[C@H](C[C@@H]1CCNC1=O)NC(=O)[C@@H](CC1CC1)n1cccc(NCC(F)(F)F)c1=O.N#C[C@H](C[C@@H]1CCNC1=O)NC(=O)[C@H](CC1CC1)n1cccc(NCC(F)(F)F)c1=O. The molecule has 3 aliphatic carbocycles. The van der Waals surface area contributed by atoms with Gasteiger partial charge in [0.2, 0.25) is 35.4 Å². The summed E-state index contributed by atoms with van der Waals surface area (Å²) in [7, 11) is 0. The summed E-state index contributed by atoms with van der Waals surface area (Å²) in [6.07, 6.45) is 0.585. The van der Waals surface area contributed by atoms with Gasteiger partial charge in [0.15, 0.2) is 0 Å². The van der Waals surface area contributed by atoms with Gasteiger partial charge in [0.05, 0.1) is 18.2 Å². The normalized spacial score (nSPS) is 20.0. The Morgan fingerprint density at radius 1 is 0.469 bits per heavy atom. The number of hydrogen-bond acceptors (Lipinski definition) is 16. The summed E-state index contributed by atoms with van der Waals surface area (Å²) in [6.45, 7) is -2.55. The standard InChI is InChI=1S/3C20H24F3N5O3.CH3FS/c3*21-20(22,23)11-26-15-2-1-7-28(19(15)31)16(8-12-3-4-12)18(30)27-14(10-24)9-13-5-6-25-17(13)29;1-3-2/h3*1-2,7,12-14,16,26H,3-6,8-9,11H2,(H,25,29)(H,27,30);1H3/t13-,14-,16?;13-,14-,16+;13-,14-,16-;/m000./s1. The number of nitrogens with zero attached hydrogens (tertiary/aromatic N) is 6. The maximum absolute atomic E-state index is 13.0. The zero-order chi connectivity index (χ0) is 70.5. The fourth-order valence-corrected chi connectivity index (χ4v) is 11.0. The van der Waals surface area contributed by atoms with E-state index in [1.165, 1.54) is 61.2 Å². The van der Waals surface area contributed by atoms with E-state index in [2.05, 4.69) is 47.9 Å². The van der Waals surface area contributed by atoms with Crippen LogP contribution in [-0.4, -0.2) is 131 Å². The quantitative estimate of drug-likeness (QED) is 0.0377. The van der Waals surface area contributed by atoms with Crippen molar-refractivity contribution in [2.75, 3.05) is 61.5 Å². The van der Waals surface area contributed by atoms with Crippen LogP contribution in [0.2, 0.25) is 0 Å². The number of rotatable bonds is 27. The third-order valence-electron chi connectivity index (χ3n) is 16.5. The molecule has 6 heterocycles. The molecule has 9 N–H and O–H groups in total. The maximum atomic E-state index is 13.0. The van der Waals surface area contributed by atoms with E-state index in [4.69, 9.17) is 0 Å². The Balaban J connectivity index is 0.000000223. The smallest absolute Gasteiger partial charge is 0.372 e. The van der Waals surface area contributed by atoms with Crippen molar-refractivity contribution in [3.05, 3.63) is 86.1 Å². The third kappa shape index (κ3) is 24.8. The first-order valence-electron chi connectivity index (χ1n) is 31.1. The zero-order valence-electron chi connectivity index (χ0n) is 52.0. The molecule has 3 aliphatic heterocycles. The number of alkyl halides is 9. The highest BCUT2D eigenvalue weighted by atomic mass is 32.2. The lowest BCUT2D eigenvalue weighted by Gasteiger charge is -2.22. The Hall–Kier alpha value is -8.81. The number of nitrogens with one attached hydrogen (secondary N) is 9. The van der Waals surface area contributed by atoms with Crippen molar-refractivity contribution in [3.8, 4) is 18.2 Å². The van der Waals surface area contributed by atoms with Crippen LogP contribution >= 0.6 is 12.1 Å². The molecular weight excluding hydrogens is 1310 g/mol. The van der Waals surface area contributed by atoms with Gasteiger partial charge in [-0.2, -0.15) is 59.2 Å². The highest BCUT2D eigenvalue weighted by molar-refractivity contribution is 7.93. The predicted molar refractivity (Wildman–Crippen MR) is 329 cm³/mol. The van der Waals surface area contributed by atoms with E-state index in [0.29, 0.717) is 58.2 Å². The van der Waals surface area contributed by atoms with Gasteiger partial charge in [0.25, 0.3) is 16.7 Å². The van der Waals surface area contributed by atoms with E-state index < -0.39 is 109 Å². The molecule has 0 radical (unpaired) electrons. The van der Waals surface area contributed by atoms with E-state index in [0.717, 1.165) is 52.2 Å². The number of carbonyl (C=O) groups excluding carboxylic acids is 6. The van der Waals surface area contributed by atoms with E-state index in [9.17, 15) is 102 Å². The topological polar surface area (TPSA) is 348 Å². The van der Waals surface area contributed by atoms with Gasteiger partial charge in [-0.05, 0) is 112 Å². The second-order valence-corrected chi connectivity index (χ2v) is 24.5. The van der Waals surface area contributed by atoms with Crippen molar-refractivity contribution in [1.82, 2.24) is 45.6 Å². The average molecular weight is 1380 g/mol. The molecule has 3 saturated carbocycles. The molecule has 24 nitrogen and oxygen atoms in total. The summed E-state index contributed by atoms with van der Waals surface area (Å²) in [5, 5.41) is 50.4. The molecule has 3 aromatic heterocycles. The van der Waals surface area contributed by atoms with Crippen LogP contribution in [0.15, 0.2) is 69.4 Å². The van der Waals surface area contributed by atoms with Crippen LogP contribution in [0.25, 0.3) is 0 Å². The highest BCUT2D eigenvalue weighted by Gasteiger charge is 2.39. The molecule has 6 fully saturated rings. The number of aromatic nitrogens is 3. The Kier molecular flexibility index (Phi) is 28.0. The minimum atomic E-state index is -4.50. The second kappa shape index (κ2) is 35.3. The molecule has 96 heavy (non-hydrogen) atoms. The number of hydrogen-bond donors (Lipinski definition) is 9. The predicted octanol–water partition coefficient (Wildman–Crippen LogP) is 6.33. The molecule has 9 atom stereocenters. The third-order valence-corrected chi connectivity index (χ3v) is 16.5. The molecule has 3 aromatic rings. The van der Waals surface area contributed by atoms with Crippen molar-refractivity contribution in [2.24, 2.45) is 35.5 Å². The molecule has 0 aromatic carbocycles. The molecule has 3 saturated heterocycles. The van der Waals surface area contributed by atoms with Gasteiger partial charge >= 0.3 is 18.5 Å². The second-order valence-electron chi connectivity index (χ2n) is 24.2. The summed E-state index contributed by atoms with van der Waals surface area (Å²) >= 11 is 0.250. The van der Waals surface area contributed by atoms with E-state index in [-0.39, 0.29) is 102 Å². The molecular formula is C61H75F10N15O9S. The zero-order valence-corrected chi connectivity index (χ0v) is 52.8. The number of anilines is 3. The Morgan fingerprint density at radius 3 is 0.896 bits per heavy atom. The van der Waals surface area contributed by atoms with E-state index >= 15 is 0 Å². The summed E-state index contributed by atoms with van der Waals surface area (Å²) in [4.78, 5) is 113. The van der Waals surface area contributed by atoms with Gasteiger partial charge in [-0.15, -0.1) is 0 Å². The fourth-order valence-electron chi connectivity index (χ4n) is 11.0. The minimum Gasteiger partial charge on any atom is -0.372 e. The Morgan fingerprint density at radius 2 is 0.708 bits per heavy atom. The first kappa shape index (κ1) is 76.2. The number of amides is 6. The van der Waals surface area contributed by atoms with Gasteiger partial charge < -0.3 is 61.6 Å². The monoisotopic (exact) mass is 1380 g/mol. The molecule has 6 amide bonds. The van der Waals surface area contributed by atoms with Gasteiger partial charge in [-0.25, -0.2) is 0 Å². The van der Waals surface area contributed by atoms with Crippen LogP contribution in [0.5, 0.6) is 0 Å². The number of pyridine rings is 3. The lowest BCUT2D eigenvalue weighted by atomic mass is 9.98. The Bertz CT molecular complexity index is 3150. The van der Waals surface area contributed by atoms with Crippen molar-refractivity contribution in [3.63, 3.8) is 0 Å². The van der Waals surface area contributed by atoms with Gasteiger partial charge in [0.1, 0.15) is 72.9 Å². The molecule has 0 bridgehead atoms. The van der Waals surface area contributed by atoms with Crippen LogP contribution in [0, 0.1) is 69.5 Å². The van der Waals surface area contributed by atoms with Gasteiger partial charge in [-0.3, -0.25) is 43.2 Å². The first-order valence-corrected chi connectivity index (χ1v) is 32.2. The summed E-state index contributed by atoms with van der Waals surface area (Å²) in [5.41, 5.74) is -2.99. The molecule has 524 valence electrons. The van der Waals surface area contributed by atoms with Gasteiger partial charge in [0, 0.05) is 74.4 Å². The van der Waals surface area contributed by atoms with Crippen molar-refractivity contribution in [2.45, 2.75) is 151 Å². The number of carbonyl (C=O) groups is 6. The van der Waals surface area contributed by atoms with E-state index in [1.54, 1.807) is 0 Å².